The molecule has 0 spiro atoms. The molecule has 0 aliphatic carbocycles. The van der Waals surface area contributed by atoms with Crippen molar-refractivity contribution in [2.45, 2.75) is 6.61 Å². The van der Waals surface area contributed by atoms with E-state index in [1.807, 2.05) is 0 Å². The highest BCUT2D eigenvalue weighted by atomic mass is 19.3. The number of nitrogens with zero attached hydrogens (tertiary/aromatic N) is 3. The lowest BCUT2D eigenvalue weighted by molar-refractivity contribution is -0.0498. The van der Waals surface area contributed by atoms with Crippen LogP contribution in [0, 0.1) is 11.3 Å². The lowest BCUT2D eigenvalue weighted by Crippen LogP contribution is -2.05. The zero-order valence-corrected chi connectivity index (χ0v) is 12.1. The molecule has 1 heterocycles. The molecule has 10 heteroatoms. The highest BCUT2D eigenvalue weighted by Gasteiger charge is 2.05. The van der Waals surface area contributed by atoms with Gasteiger partial charge in [-0.15, -0.1) is 0 Å². The van der Waals surface area contributed by atoms with Gasteiger partial charge in [-0.25, -0.2) is 19.9 Å². The molecular weight excluding hydrogens is 327 g/mol. The van der Waals surface area contributed by atoms with Crippen molar-refractivity contribution < 1.29 is 22.6 Å². The summed E-state index contributed by atoms with van der Waals surface area (Å²) < 4.78 is 46.4. The molecule has 2 rings (SSSR count). The molecule has 24 heavy (non-hydrogen) atoms. The van der Waals surface area contributed by atoms with Gasteiger partial charge in [0.2, 0.25) is 0 Å². The number of benzene rings is 1. The Hall–Kier alpha value is -3.17. The summed E-state index contributed by atoms with van der Waals surface area (Å²) in [6.45, 7) is -3.06. The maximum atomic E-state index is 12.7. The Labute approximate surface area is 134 Å². The van der Waals surface area contributed by atoms with Crippen molar-refractivity contribution in [2.24, 2.45) is 5.11 Å². The normalized spacial score (nSPS) is 11.2. The lowest BCUT2D eigenvalue weighted by atomic mass is 10.3. The monoisotopic (exact) mass is 339 g/mol. The summed E-state index contributed by atoms with van der Waals surface area (Å²) in [5.41, 5.74) is 7.69. The number of nitrogens with one attached hydrogen (secondary N) is 2. The van der Waals surface area contributed by atoms with Crippen LogP contribution in [0.1, 0.15) is 0 Å². The van der Waals surface area contributed by atoms with Crippen molar-refractivity contribution in [1.29, 1.82) is 5.53 Å². The van der Waals surface area contributed by atoms with Gasteiger partial charge >= 0.3 is 12.6 Å². The maximum absolute atomic E-state index is 12.7. The van der Waals surface area contributed by atoms with Gasteiger partial charge in [0.1, 0.15) is 18.1 Å². The first kappa shape index (κ1) is 17.2. The maximum Gasteiger partial charge on any atom is 0.387 e. The first-order valence-electron chi connectivity index (χ1n) is 6.55. The average molecular weight is 339 g/mol. The number of aromatic nitrogens is 2. The quantitative estimate of drug-likeness (QED) is 0.717. The Morgan fingerprint density at radius 1 is 1.33 bits per heavy atom. The van der Waals surface area contributed by atoms with Crippen molar-refractivity contribution in [3.8, 4) is 11.8 Å². The zero-order valence-electron chi connectivity index (χ0n) is 12.1. The second kappa shape index (κ2) is 8.46. The standard InChI is InChI=1S/C14H12F3N5O2/c15-9-5-20-14(21-6-9)23-8-11(22-18)7-19-10-2-1-3-12(4-10)24-13(16)17/h1-7,13,18-19H,8H2/b11-7-,22-18?. The summed E-state index contributed by atoms with van der Waals surface area (Å²) in [5, 5.41) is 6.02. The zero-order chi connectivity index (χ0) is 17.4. The van der Waals surface area contributed by atoms with Gasteiger partial charge in [-0.1, -0.05) is 6.07 Å². The molecule has 1 aromatic heterocycles. The second-order valence-corrected chi connectivity index (χ2v) is 4.27. The Bertz CT molecular complexity index is 710. The number of anilines is 1. The van der Waals surface area contributed by atoms with Gasteiger partial charge in [0.25, 0.3) is 0 Å². The highest BCUT2D eigenvalue weighted by molar-refractivity contribution is 5.50. The van der Waals surface area contributed by atoms with Crippen molar-refractivity contribution in [3.05, 3.63) is 54.4 Å². The molecule has 2 aromatic rings. The van der Waals surface area contributed by atoms with Crippen molar-refractivity contribution in [3.63, 3.8) is 0 Å². The summed E-state index contributed by atoms with van der Waals surface area (Å²) in [7, 11) is 0. The average Bonchev–Trinajstić information content (AvgIpc) is 2.56. The number of ether oxygens (including phenoxy) is 2. The van der Waals surface area contributed by atoms with E-state index in [0.29, 0.717) is 5.69 Å². The van der Waals surface area contributed by atoms with Crippen LogP contribution in [0.15, 0.2) is 53.7 Å². The number of halogens is 3. The van der Waals surface area contributed by atoms with Crippen LogP contribution >= 0.6 is 0 Å². The fraction of sp³-hybridized carbons (Fsp3) is 0.143. The fourth-order valence-electron chi connectivity index (χ4n) is 1.55. The summed E-state index contributed by atoms with van der Waals surface area (Å²) in [4.78, 5) is 7.19. The van der Waals surface area contributed by atoms with Gasteiger partial charge in [0.15, 0.2) is 5.82 Å². The minimum absolute atomic E-state index is 0.0104. The molecule has 0 bridgehead atoms. The van der Waals surface area contributed by atoms with Crippen LogP contribution in [0.3, 0.4) is 0 Å². The highest BCUT2D eigenvalue weighted by Crippen LogP contribution is 2.19. The molecule has 0 aliphatic rings. The van der Waals surface area contributed by atoms with Gasteiger partial charge in [-0.3, -0.25) is 0 Å². The van der Waals surface area contributed by atoms with Crippen LogP contribution < -0.4 is 14.8 Å². The minimum Gasteiger partial charge on any atom is -0.457 e. The summed E-state index contributed by atoms with van der Waals surface area (Å²) in [5.74, 6) is -0.611. The van der Waals surface area contributed by atoms with Crippen LogP contribution in [-0.2, 0) is 0 Å². The van der Waals surface area contributed by atoms with E-state index >= 15 is 0 Å². The SMILES string of the molecule is N=N/C(=C\Nc1cccc(OC(F)F)c1)COc1ncc(F)cn1. The molecule has 7 nitrogen and oxygen atoms in total. The molecule has 2 N–H and O–H groups in total. The largest absolute Gasteiger partial charge is 0.457 e. The molecule has 1 aromatic carbocycles. The van der Waals surface area contributed by atoms with E-state index in [-0.39, 0.29) is 24.1 Å². The third-order valence-corrected chi connectivity index (χ3v) is 2.55. The second-order valence-electron chi connectivity index (χ2n) is 4.27. The third kappa shape index (κ3) is 5.55. The minimum atomic E-state index is -2.92. The van der Waals surface area contributed by atoms with Gasteiger partial charge in [-0.05, 0) is 12.1 Å². The topological polar surface area (TPSA) is 92.5 Å². The number of hydrogen-bond acceptors (Lipinski definition) is 7. The predicted molar refractivity (Wildman–Crippen MR) is 77.4 cm³/mol. The van der Waals surface area contributed by atoms with E-state index in [2.05, 4.69) is 25.1 Å². The summed E-state index contributed by atoms with van der Waals surface area (Å²) in [6, 6.07) is 5.80. The van der Waals surface area contributed by atoms with Gasteiger partial charge < -0.3 is 14.8 Å². The van der Waals surface area contributed by atoms with E-state index in [4.69, 9.17) is 10.3 Å². The molecule has 0 aliphatic heterocycles. The molecule has 0 amide bonds. The molecule has 0 saturated carbocycles. The van der Waals surface area contributed by atoms with Crippen LogP contribution in [0.4, 0.5) is 18.9 Å². The van der Waals surface area contributed by atoms with Crippen molar-refractivity contribution in [1.82, 2.24) is 9.97 Å². The van der Waals surface area contributed by atoms with E-state index in [1.165, 1.54) is 24.4 Å². The van der Waals surface area contributed by atoms with Crippen LogP contribution in [-0.4, -0.2) is 23.2 Å². The van der Waals surface area contributed by atoms with Gasteiger partial charge in [0, 0.05) is 18.0 Å². The molecule has 0 saturated heterocycles. The van der Waals surface area contributed by atoms with Crippen LogP contribution in [0.5, 0.6) is 11.8 Å². The molecule has 0 unspecified atom stereocenters. The third-order valence-electron chi connectivity index (χ3n) is 2.55. The van der Waals surface area contributed by atoms with Gasteiger partial charge in [-0.2, -0.15) is 13.9 Å². The summed E-state index contributed by atoms with van der Waals surface area (Å²) in [6.07, 6.45) is 3.23. The van der Waals surface area contributed by atoms with E-state index < -0.39 is 12.4 Å². The molecule has 0 atom stereocenters. The Kier molecular flexibility index (Phi) is 6.06. The molecule has 0 radical (unpaired) electrons. The number of hydrogen-bond donors (Lipinski definition) is 2. The number of rotatable bonds is 8. The Morgan fingerprint density at radius 3 is 2.75 bits per heavy atom. The van der Waals surface area contributed by atoms with Gasteiger partial charge in [0.05, 0.1) is 12.4 Å². The first-order valence-corrected chi connectivity index (χ1v) is 6.55. The Balaban J connectivity index is 1.95. The lowest BCUT2D eigenvalue weighted by Gasteiger charge is -2.07. The number of alkyl halides is 2. The fourth-order valence-corrected chi connectivity index (χ4v) is 1.55. The van der Waals surface area contributed by atoms with Crippen molar-refractivity contribution in [2.75, 3.05) is 11.9 Å². The summed E-state index contributed by atoms with van der Waals surface area (Å²) >= 11 is 0. The molecule has 0 fully saturated rings. The van der Waals surface area contributed by atoms with Crippen LogP contribution in [0.2, 0.25) is 0 Å². The molecule has 126 valence electrons. The van der Waals surface area contributed by atoms with E-state index in [0.717, 1.165) is 12.4 Å². The van der Waals surface area contributed by atoms with E-state index in [1.54, 1.807) is 6.07 Å². The first-order chi connectivity index (χ1) is 11.6. The van der Waals surface area contributed by atoms with E-state index in [9.17, 15) is 13.2 Å². The van der Waals surface area contributed by atoms with Crippen LogP contribution in [0.25, 0.3) is 0 Å². The molecular formula is C14H12F3N5O2. The predicted octanol–water partition coefficient (Wildman–Crippen LogP) is 3.58. The smallest absolute Gasteiger partial charge is 0.387 e. The Morgan fingerprint density at radius 2 is 2.08 bits per heavy atom. The van der Waals surface area contributed by atoms with Crippen molar-refractivity contribution >= 4 is 5.69 Å².